The van der Waals surface area contributed by atoms with Gasteiger partial charge in [-0.15, -0.1) is 0 Å². The quantitative estimate of drug-likeness (QED) is 0.403. The van der Waals surface area contributed by atoms with Crippen molar-refractivity contribution in [1.82, 2.24) is 5.32 Å². The van der Waals surface area contributed by atoms with Crippen molar-refractivity contribution in [3.05, 3.63) is 89.5 Å². The number of carbonyl (C=O) groups excluding carboxylic acids is 2. The van der Waals surface area contributed by atoms with Crippen LogP contribution in [0.1, 0.15) is 41.3 Å². The van der Waals surface area contributed by atoms with E-state index in [0.29, 0.717) is 36.5 Å². The number of amides is 2. The maximum atomic E-state index is 13.8. The number of rotatable bonds is 10. The van der Waals surface area contributed by atoms with E-state index in [0.717, 1.165) is 28.3 Å². The fraction of sp³-hybridized carbons (Fsp3) is 0.310. The monoisotopic (exact) mass is 535 g/mol. The lowest BCUT2D eigenvalue weighted by atomic mass is 10.1. The molecule has 0 radical (unpaired) electrons. The van der Waals surface area contributed by atoms with Crippen molar-refractivity contribution in [2.24, 2.45) is 0 Å². The molecule has 0 bridgehead atoms. The number of ether oxygens (including phenoxy) is 1. The lowest BCUT2D eigenvalue weighted by Gasteiger charge is -2.26. The number of sulfonamides is 1. The van der Waals surface area contributed by atoms with Gasteiger partial charge in [0.25, 0.3) is 15.9 Å². The van der Waals surface area contributed by atoms with Crippen LogP contribution in [0, 0.1) is 6.92 Å². The van der Waals surface area contributed by atoms with Crippen LogP contribution in [0.4, 0.5) is 11.4 Å². The summed E-state index contributed by atoms with van der Waals surface area (Å²) in [5.41, 5.74) is 2.76. The Morgan fingerprint density at radius 3 is 2.42 bits per heavy atom. The maximum absolute atomic E-state index is 13.8. The van der Waals surface area contributed by atoms with Gasteiger partial charge in [0.1, 0.15) is 6.54 Å². The highest BCUT2D eigenvalue weighted by Gasteiger charge is 2.29. The standard InChI is InChI=1S/C29H33N3O5S/c1-3-22-9-4-7-13-27(22)32(38(35,36)24-16-14-21(2)15-17-24)20-28(33)31-26-12-6-5-11-25(26)29(34)30-19-23-10-8-18-37-23/h4-7,9,11-17,23H,3,8,10,18-20H2,1-2H3,(H,30,34)(H,31,33)/t23-/m1/s1. The minimum absolute atomic E-state index is 0.0140. The van der Waals surface area contributed by atoms with Crippen molar-refractivity contribution in [3.63, 3.8) is 0 Å². The van der Waals surface area contributed by atoms with Gasteiger partial charge in [-0.1, -0.05) is 55.0 Å². The zero-order chi connectivity index (χ0) is 27.1. The van der Waals surface area contributed by atoms with Crippen LogP contribution in [-0.2, 0) is 26.0 Å². The van der Waals surface area contributed by atoms with E-state index in [9.17, 15) is 18.0 Å². The molecule has 3 aromatic carbocycles. The van der Waals surface area contributed by atoms with Gasteiger partial charge in [-0.3, -0.25) is 13.9 Å². The first kappa shape index (κ1) is 27.3. The molecule has 0 unspecified atom stereocenters. The van der Waals surface area contributed by atoms with Crippen LogP contribution < -0.4 is 14.9 Å². The van der Waals surface area contributed by atoms with Gasteiger partial charge in [-0.25, -0.2) is 8.42 Å². The first-order valence-electron chi connectivity index (χ1n) is 12.8. The summed E-state index contributed by atoms with van der Waals surface area (Å²) in [5.74, 6) is -0.900. The molecule has 0 aromatic heterocycles. The predicted molar refractivity (Wildman–Crippen MR) is 148 cm³/mol. The van der Waals surface area contributed by atoms with Crippen LogP contribution >= 0.6 is 0 Å². The van der Waals surface area contributed by atoms with Crippen LogP contribution in [0.25, 0.3) is 0 Å². The molecule has 2 amide bonds. The van der Waals surface area contributed by atoms with Gasteiger partial charge in [-0.2, -0.15) is 0 Å². The molecule has 1 saturated heterocycles. The van der Waals surface area contributed by atoms with E-state index < -0.39 is 22.5 Å². The molecule has 1 heterocycles. The summed E-state index contributed by atoms with van der Waals surface area (Å²) < 4.78 is 34.2. The SMILES string of the molecule is CCc1ccccc1N(CC(=O)Nc1ccccc1C(=O)NC[C@H]1CCCO1)S(=O)(=O)c1ccc(C)cc1. The summed E-state index contributed by atoms with van der Waals surface area (Å²) in [7, 11) is -4.06. The van der Waals surface area contributed by atoms with E-state index in [2.05, 4.69) is 10.6 Å². The average molecular weight is 536 g/mol. The molecule has 4 rings (SSSR count). The molecule has 0 aliphatic carbocycles. The van der Waals surface area contributed by atoms with E-state index in [4.69, 9.17) is 4.74 Å². The van der Waals surface area contributed by atoms with Crippen molar-refractivity contribution in [1.29, 1.82) is 0 Å². The van der Waals surface area contributed by atoms with E-state index in [1.54, 1.807) is 48.5 Å². The van der Waals surface area contributed by atoms with Gasteiger partial charge in [-0.05, 0) is 62.1 Å². The maximum Gasteiger partial charge on any atom is 0.264 e. The van der Waals surface area contributed by atoms with Gasteiger partial charge in [0.15, 0.2) is 0 Å². The van der Waals surface area contributed by atoms with Crippen LogP contribution in [0.3, 0.4) is 0 Å². The third kappa shape index (κ3) is 6.41. The van der Waals surface area contributed by atoms with Gasteiger partial charge < -0.3 is 15.4 Å². The largest absolute Gasteiger partial charge is 0.376 e. The Bertz CT molecular complexity index is 1380. The van der Waals surface area contributed by atoms with Crippen LogP contribution in [-0.4, -0.2) is 46.0 Å². The smallest absolute Gasteiger partial charge is 0.264 e. The zero-order valence-corrected chi connectivity index (χ0v) is 22.5. The molecule has 0 saturated carbocycles. The number of hydrogen-bond donors (Lipinski definition) is 2. The second-order valence-electron chi connectivity index (χ2n) is 9.25. The first-order valence-corrected chi connectivity index (χ1v) is 14.2. The van der Waals surface area contributed by atoms with Crippen LogP contribution in [0.2, 0.25) is 0 Å². The van der Waals surface area contributed by atoms with Gasteiger partial charge in [0.2, 0.25) is 5.91 Å². The summed E-state index contributed by atoms with van der Waals surface area (Å²) in [6.07, 6.45) is 2.44. The molecule has 9 heteroatoms. The van der Waals surface area contributed by atoms with Crippen molar-refractivity contribution >= 4 is 33.2 Å². The van der Waals surface area contributed by atoms with Crippen molar-refractivity contribution in [2.45, 2.75) is 44.1 Å². The van der Waals surface area contributed by atoms with Gasteiger partial charge in [0.05, 0.1) is 27.9 Å². The highest BCUT2D eigenvalue weighted by molar-refractivity contribution is 7.92. The topological polar surface area (TPSA) is 105 Å². The Labute approximate surface area is 224 Å². The molecular weight excluding hydrogens is 502 g/mol. The summed E-state index contributed by atoms with van der Waals surface area (Å²) in [6.45, 7) is 4.43. The summed E-state index contributed by atoms with van der Waals surface area (Å²) in [4.78, 5) is 26.3. The molecule has 8 nitrogen and oxygen atoms in total. The number of para-hydroxylation sites is 2. The highest BCUT2D eigenvalue weighted by Crippen LogP contribution is 2.28. The predicted octanol–water partition coefficient (Wildman–Crippen LogP) is 4.30. The van der Waals surface area contributed by atoms with Gasteiger partial charge in [0, 0.05) is 13.2 Å². The number of aryl methyl sites for hydroxylation is 2. The van der Waals surface area contributed by atoms with Crippen LogP contribution in [0.5, 0.6) is 0 Å². The Morgan fingerprint density at radius 1 is 1.00 bits per heavy atom. The van der Waals surface area contributed by atoms with E-state index >= 15 is 0 Å². The molecule has 200 valence electrons. The summed E-state index contributed by atoms with van der Waals surface area (Å²) in [5, 5.41) is 5.62. The molecule has 1 aliphatic heterocycles. The minimum Gasteiger partial charge on any atom is -0.376 e. The van der Waals surface area contributed by atoms with Crippen molar-refractivity contribution in [3.8, 4) is 0 Å². The molecule has 1 aliphatic rings. The lowest BCUT2D eigenvalue weighted by molar-refractivity contribution is -0.114. The summed E-state index contributed by atoms with van der Waals surface area (Å²) in [6, 6.07) is 20.3. The fourth-order valence-electron chi connectivity index (χ4n) is 4.41. The fourth-order valence-corrected chi connectivity index (χ4v) is 5.87. The zero-order valence-electron chi connectivity index (χ0n) is 21.6. The molecule has 3 aromatic rings. The average Bonchev–Trinajstić information content (AvgIpc) is 3.45. The third-order valence-electron chi connectivity index (χ3n) is 6.50. The number of benzene rings is 3. The molecule has 1 atom stereocenters. The second-order valence-corrected chi connectivity index (χ2v) is 11.1. The minimum atomic E-state index is -4.06. The Morgan fingerprint density at radius 2 is 1.71 bits per heavy atom. The van der Waals surface area contributed by atoms with Crippen molar-refractivity contribution < 1.29 is 22.7 Å². The number of nitrogens with one attached hydrogen (secondary N) is 2. The normalized spacial score (nSPS) is 15.2. The Kier molecular flexibility index (Phi) is 8.81. The molecule has 2 N–H and O–H groups in total. The lowest BCUT2D eigenvalue weighted by Crippen LogP contribution is -2.39. The second kappa shape index (κ2) is 12.2. The number of hydrogen-bond acceptors (Lipinski definition) is 5. The number of nitrogens with zero attached hydrogens (tertiary/aromatic N) is 1. The summed E-state index contributed by atoms with van der Waals surface area (Å²) >= 11 is 0. The number of anilines is 2. The molecule has 1 fully saturated rings. The van der Waals surface area contributed by atoms with Gasteiger partial charge >= 0.3 is 0 Å². The highest BCUT2D eigenvalue weighted by atomic mass is 32.2. The van der Waals surface area contributed by atoms with Crippen molar-refractivity contribution in [2.75, 3.05) is 29.3 Å². The van der Waals surface area contributed by atoms with E-state index in [1.807, 2.05) is 26.0 Å². The number of carbonyl (C=O) groups is 2. The van der Waals surface area contributed by atoms with E-state index in [-0.39, 0.29) is 16.9 Å². The molecular formula is C29H33N3O5S. The van der Waals surface area contributed by atoms with Crippen LogP contribution in [0.15, 0.2) is 77.7 Å². The third-order valence-corrected chi connectivity index (χ3v) is 8.27. The van der Waals surface area contributed by atoms with E-state index in [1.165, 1.54) is 12.1 Å². The Balaban J connectivity index is 1.58. The molecule has 38 heavy (non-hydrogen) atoms. The Hall–Kier alpha value is -3.69. The molecule has 0 spiro atoms. The first-order chi connectivity index (χ1) is 18.3.